The van der Waals surface area contributed by atoms with E-state index in [9.17, 15) is 0 Å². The minimum absolute atomic E-state index is 0.481. The predicted molar refractivity (Wildman–Crippen MR) is 58.8 cm³/mol. The maximum Gasteiger partial charge on any atom is -0.0279 e. The molecule has 0 aliphatic carbocycles. The van der Waals surface area contributed by atoms with Gasteiger partial charge in [0.15, 0.2) is 0 Å². The van der Waals surface area contributed by atoms with Crippen LogP contribution in [-0.4, -0.2) is 0 Å². The summed E-state index contributed by atoms with van der Waals surface area (Å²) in [6, 6.07) is 10.7. The zero-order valence-corrected chi connectivity index (χ0v) is 9.01. The Morgan fingerprint density at radius 3 is 2.15 bits per heavy atom. The second kappa shape index (κ2) is 4.45. The normalized spacial score (nSPS) is 11.6. The molecule has 0 aromatic heterocycles. The molecule has 0 atom stereocenters. The third-order valence-electron chi connectivity index (χ3n) is 2.24. The van der Waals surface area contributed by atoms with Crippen molar-refractivity contribution >= 4 is 0 Å². The Hall–Kier alpha value is -0.780. The monoisotopic (exact) mass is 176 g/mol. The van der Waals surface area contributed by atoms with Crippen molar-refractivity contribution in [1.29, 1.82) is 0 Å². The highest BCUT2D eigenvalue weighted by Gasteiger charge is 2.08. The molecule has 0 heteroatoms. The largest absolute Gasteiger partial charge is 0.0622 e. The van der Waals surface area contributed by atoms with Gasteiger partial charge < -0.3 is 0 Å². The number of hydrogen-bond donors (Lipinski definition) is 0. The average molecular weight is 176 g/mol. The lowest BCUT2D eigenvalue weighted by atomic mass is 9.89. The Labute approximate surface area is 82.0 Å². The smallest absolute Gasteiger partial charge is 0.0279 e. The molecular formula is C13H20. The summed E-state index contributed by atoms with van der Waals surface area (Å²) in [6.45, 7) is 6.91. The molecule has 0 nitrogen and oxygen atoms in total. The van der Waals surface area contributed by atoms with Gasteiger partial charge in [-0.2, -0.15) is 0 Å². The summed E-state index contributed by atoms with van der Waals surface area (Å²) >= 11 is 0. The fraction of sp³-hybridized carbons (Fsp3) is 0.538. The van der Waals surface area contributed by atoms with Crippen LogP contribution in [0.5, 0.6) is 0 Å². The van der Waals surface area contributed by atoms with Gasteiger partial charge in [0.2, 0.25) is 0 Å². The minimum Gasteiger partial charge on any atom is -0.0622 e. The summed E-state index contributed by atoms with van der Waals surface area (Å²) in [5.41, 5.74) is 1.95. The Morgan fingerprint density at radius 1 is 1.00 bits per heavy atom. The van der Waals surface area contributed by atoms with Gasteiger partial charge in [-0.15, -0.1) is 0 Å². The highest BCUT2D eigenvalue weighted by molar-refractivity contribution is 5.14. The second-order valence-electron chi connectivity index (χ2n) is 4.90. The fourth-order valence-electron chi connectivity index (χ4n) is 1.47. The number of aryl methyl sites for hydroxylation is 1. The molecule has 0 bridgehead atoms. The topological polar surface area (TPSA) is 0 Å². The second-order valence-corrected chi connectivity index (χ2v) is 4.90. The first kappa shape index (κ1) is 10.3. The van der Waals surface area contributed by atoms with E-state index in [0.29, 0.717) is 5.41 Å². The first-order valence-electron chi connectivity index (χ1n) is 5.12. The van der Waals surface area contributed by atoms with Gasteiger partial charge in [0.1, 0.15) is 0 Å². The first-order valence-corrected chi connectivity index (χ1v) is 5.12. The predicted octanol–water partition coefficient (Wildman–Crippen LogP) is 4.06. The molecule has 1 aromatic rings. The van der Waals surface area contributed by atoms with Crippen molar-refractivity contribution in [2.24, 2.45) is 5.41 Å². The lowest BCUT2D eigenvalue weighted by Crippen LogP contribution is -2.04. The molecule has 0 saturated carbocycles. The van der Waals surface area contributed by atoms with Crippen LogP contribution in [0.25, 0.3) is 0 Å². The number of rotatable bonds is 3. The molecule has 0 radical (unpaired) electrons. The van der Waals surface area contributed by atoms with E-state index in [4.69, 9.17) is 0 Å². The van der Waals surface area contributed by atoms with E-state index in [1.807, 2.05) is 0 Å². The quantitative estimate of drug-likeness (QED) is 0.651. The molecule has 0 fully saturated rings. The maximum atomic E-state index is 2.30. The summed E-state index contributed by atoms with van der Waals surface area (Å²) < 4.78 is 0. The zero-order chi connectivity index (χ0) is 9.73. The lowest BCUT2D eigenvalue weighted by molar-refractivity contribution is 0.365. The van der Waals surface area contributed by atoms with Gasteiger partial charge in [0, 0.05) is 0 Å². The van der Waals surface area contributed by atoms with Gasteiger partial charge in [-0.05, 0) is 30.2 Å². The number of benzene rings is 1. The summed E-state index contributed by atoms with van der Waals surface area (Å²) in [6.07, 6.45) is 3.83. The van der Waals surface area contributed by atoms with Gasteiger partial charge in [0.05, 0.1) is 0 Å². The molecule has 0 heterocycles. The van der Waals surface area contributed by atoms with Crippen molar-refractivity contribution in [3.8, 4) is 0 Å². The van der Waals surface area contributed by atoms with Crippen LogP contribution in [-0.2, 0) is 6.42 Å². The van der Waals surface area contributed by atoms with Crippen LogP contribution < -0.4 is 0 Å². The lowest BCUT2D eigenvalue weighted by Gasteiger charge is -2.17. The van der Waals surface area contributed by atoms with Crippen LogP contribution in [0.4, 0.5) is 0 Å². The summed E-state index contributed by atoms with van der Waals surface area (Å²) in [7, 11) is 0. The molecule has 0 saturated heterocycles. The van der Waals surface area contributed by atoms with Crippen LogP contribution in [0.2, 0.25) is 0 Å². The first-order chi connectivity index (χ1) is 6.08. The van der Waals surface area contributed by atoms with E-state index in [1.54, 1.807) is 0 Å². The van der Waals surface area contributed by atoms with Crippen molar-refractivity contribution in [3.05, 3.63) is 35.9 Å². The number of hydrogen-bond acceptors (Lipinski definition) is 0. The molecule has 0 aliphatic rings. The zero-order valence-electron chi connectivity index (χ0n) is 9.01. The van der Waals surface area contributed by atoms with Crippen molar-refractivity contribution in [2.75, 3.05) is 0 Å². The fourth-order valence-corrected chi connectivity index (χ4v) is 1.47. The van der Waals surface area contributed by atoms with Crippen LogP contribution in [0.3, 0.4) is 0 Å². The van der Waals surface area contributed by atoms with Crippen LogP contribution in [0.1, 0.15) is 39.2 Å². The molecular weight excluding hydrogens is 156 g/mol. The maximum absolute atomic E-state index is 2.30. The standard InChI is InChI=1S/C13H20/c1-13(2,3)11-7-10-12-8-5-4-6-9-12/h4-6,8-9H,7,10-11H2,1-3H3. The van der Waals surface area contributed by atoms with Gasteiger partial charge in [0.25, 0.3) is 0 Å². The van der Waals surface area contributed by atoms with Crippen molar-refractivity contribution in [1.82, 2.24) is 0 Å². The molecule has 1 rings (SSSR count). The van der Waals surface area contributed by atoms with E-state index in [1.165, 1.54) is 24.8 Å². The molecule has 13 heavy (non-hydrogen) atoms. The Bertz CT molecular complexity index is 228. The van der Waals surface area contributed by atoms with Gasteiger partial charge in [-0.1, -0.05) is 51.1 Å². The molecule has 1 aromatic carbocycles. The third-order valence-corrected chi connectivity index (χ3v) is 2.24. The third kappa shape index (κ3) is 4.72. The summed E-state index contributed by atoms with van der Waals surface area (Å²) in [5.74, 6) is 0. The van der Waals surface area contributed by atoms with Crippen molar-refractivity contribution in [3.63, 3.8) is 0 Å². The average Bonchev–Trinajstić information content (AvgIpc) is 2.04. The van der Waals surface area contributed by atoms with E-state index in [-0.39, 0.29) is 0 Å². The van der Waals surface area contributed by atoms with Gasteiger partial charge in [-0.3, -0.25) is 0 Å². The Morgan fingerprint density at radius 2 is 1.62 bits per heavy atom. The summed E-state index contributed by atoms with van der Waals surface area (Å²) in [4.78, 5) is 0. The highest BCUT2D eigenvalue weighted by atomic mass is 14.1. The molecule has 0 amide bonds. The van der Waals surface area contributed by atoms with Gasteiger partial charge >= 0.3 is 0 Å². The van der Waals surface area contributed by atoms with E-state index >= 15 is 0 Å². The van der Waals surface area contributed by atoms with E-state index in [0.717, 1.165) is 0 Å². The molecule has 0 spiro atoms. The van der Waals surface area contributed by atoms with Gasteiger partial charge in [-0.25, -0.2) is 0 Å². The van der Waals surface area contributed by atoms with Crippen LogP contribution >= 0.6 is 0 Å². The minimum atomic E-state index is 0.481. The van der Waals surface area contributed by atoms with Crippen LogP contribution in [0.15, 0.2) is 30.3 Å². The van der Waals surface area contributed by atoms with E-state index < -0.39 is 0 Å². The molecule has 72 valence electrons. The van der Waals surface area contributed by atoms with Crippen molar-refractivity contribution in [2.45, 2.75) is 40.0 Å². The van der Waals surface area contributed by atoms with Crippen LogP contribution in [0, 0.1) is 5.41 Å². The molecule has 0 N–H and O–H groups in total. The Balaban J connectivity index is 2.29. The van der Waals surface area contributed by atoms with Crippen molar-refractivity contribution < 1.29 is 0 Å². The molecule has 0 unspecified atom stereocenters. The molecule has 0 aliphatic heterocycles. The van der Waals surface area contributed by atoms with E-state index in [2.05, 4.69) is 51.1 Å². The summed E-state index contributed by atoms with van der Waals surface area (Å²) in [5, 5.41) is 0. The highest BCUT2D eigenvalue weighted by Crippen LogP contribution is 2.21. The Kier molecular flexibility index (Phi) is 3.53. The SMILES string of the molecule is CC(C)(C)CCCc1ccccc1.